The summed E-state index contributed by atoms with van der Waals surface area (Å²) in [6.45, 7) is 19.6. The molecule has 0 aliphatic heterocycles. The summed E-state index contributed by atoms with van der Waals surface area (Å²) in [6, 6.07) is 8.12. The van der Waals surface area contributed by atoms with E-state index in [2.05, 4.69) is 78.6 Å². The first kappa shape index (κ1) is 79.4. The molecule has 0 aliphatic rings. The quantitative estimate of drug-likeness (QED) is 0.0249. The Morgan fingerprint density at radius 3 is 1.24 bits per heavy atom. The summed E-state index contributed by atoms with van der Waals surface area (Å²) in [5.41, 5.74) is 2.62. The van der Waals surface area contributed by atoms with Crippen LogP contribution in [0.2, 0.25) is 0 Å². The van der Waals surface area contributed by atoms with Gasteiger partial charge in [-0.1, -0.05) is 231 Å². The molecule has 1 aromatic carbocycles. The van der Waals surface area contributed by atoms with Crippen molar-refractivity contribution in [2.45, 2.75) is 304 Å². The molecule has 0 saturated carbocycles. The first-order valence-electron chi connectivity index (χ1n) is 37.0. The number of rotatable bonds is 61. The number of aromatic nitrogens is 3. The Morgan fingerprint density at radius 2 is 0.822 bits per heavy atom. The third-order valence-corrected chi connectivity index (χ3v) is 17.1. The summed E-state index contributed by atoms with van der Waals surface area (Å²) in [6.07, 6.45) is 58.4. The molecule has 0 unspecified atom stereocenters. The Labute approximate surface area is 548 Å². The van der Waals surface area contributed by atoms with E-state index < -0.39 is 0 Å². The van der Waals surface area contributed by atoms with Crippen molar-refractivity contribution in [1.82, 2.24) is 24.3 Å². The summed E-state index contributed by atoms with van der Waals surface area (Å²) in [5, 5.41) is 4.20. The third kappa shape index (κ3) is 41.6. The number of benzene rings is 1. The molecule has 0 atom stereocenters. The Balaban J connectivity index is 1.50. The summed E-state index contributed by atoms with van der Waals surface area (Å²) in [4.78, 5) is 65.6. The van der Waals surface area contributed by atoms with Gasteiger partial charge in [0.05, 0.1) is 17.4 Å². The third-order valence-electron chi connectivity index (χ3n) is 17.1. The van der Waals surface area contributed by atoms with Gasteiger partial charge in [0.1, 0.15) is 25.3 Å². The molecule has 2 aromatic heterocycles. The highest BCUT2D eigenvalue weighted by Gasteiger charge is 2.17. The fourth-order valence-electron chi connectivity index (χ4n) is 11.8. The van der Waals surface area contributed by atoms with Gasteiger partial charge < -0.3 is 33.9 Å². The van der Waals surface area contributed by atoms with Crippen molar-refractivity contribution in [3.05, 3.63) is 67.0 Å². The number of anilines is 1. The van der Waals surface area contributed by atoms with E-state index in [4.69, 9.17) is 24.2 Å². The monoisotopic (exact) mass is 1250 g/mol. The number of nitrogens with one attached hydrogen (secondary N) is 1. The molecular formula is C77H130N6O7. The lowest BCUT2D eigenvalue weighted by Gasteiger charge is -2.26. The lowest BCUT2D eigenvalue weighted by molar-refractivity contribution is -0.143. The van der Waals surface area contributed by atoms with Gasteiger partial charge in [0.25, 0.3) is 0 Å². The van der Waals surface area contributed by atoms with Crippen molar-refractivity contribution in [3.63, 3.8) is 0 Å². The summed E-state index contributed by atoms with van der Waals surface area (Å²) < 4.78 is 18.6. The Hall–Kier alpha value is -4.88. The number of para-hydroxylation sites is 1. The van der Waals surface area contributed by atoms with Crippen LogP contribution in [0.5, 0.6) is 0 Å². The fraction of sp³-hybridized carbons (Fsp3) is 0.740. The van der Waals surface area contributed by atoms with Crippen LogP contribution in [0.4, 0.5) is 5.82 Å². The number of allylic oxidation sites excluding steroid dienone is 3. The SMILES string of the molecule is CCCCCC/C=C\COC(=O)CCCCCCCCN(CCCCCCCCC(=O)OC/C=C\CCCCCC)CCCN(CCCCCCCCC(=O)OC/C=C\CCCCCC)CCCCCC(=O)Nc1nc2ccccc2c2c1ncn2CC(C)C. The van der Waals surface area contributed by atoms with Gasteiger partial charge in [-0.25, -0.2) is 9.97 Å². The second kappa shape index (κ2) is 55.7. The molecule has 1 amide bonds. The van der Waals surface area contributed by atoms with Gasteiger partial charge in [-0.05, 0) is 148 Å². The van der Waals surface area contributed by atoms with Crippen molar-refractivity contribution in [2.24, 2.45) is 5.92 Å². The maximum Gasteiger partial charge on any atom is 0.306 e. The molecule has 0 saturated heterocycles. The van der Waals surface area contributed by atoms with E-state index in [1.165, 1.54) is 128 Å². The van der Waals surface area contributed by atoms with E-state index in [9.17, 15) is 19.2 Å². The summed E-state index contributed by atoms with van der Waals surface area (Å²) >= 11 is 0. The highest BCUT2D eigenvalue weighted by Crippen LogP contribution is 2.29. The number of hydrogen-bond acceptors (Lipinski definition) is 11. The molecule has 510 valence electrons. The molecule has 0 fully saturated rings. The maximum absolute atomic E-state index is 13.5. The zero-order chi connectivity index (χ0) is 64.6. The normalized spacial score (nSPS) is 12.0. The number of nitrogens with zero attached hydrogens (tertiary/aromatic N) is 5. The van der Waals surface area contributed by atoms with E-state index in [1.54, 1.807) is 0 Å². The first-order chi connectivity index (χ1) is 44.1. The molecule has 2 heterocycles. The van der Waals surface area contributed by atoms with Gasteiger partial charge >= 0.3 is 17.9 Å². The smallest absolute Gasteiger partial charge is 0.306 e. The van der Waals surface area contributed by atoms with Crippen LogP contribution in [0.1, 0.15) is 298 Å². The van der Waals surface area contributed by atoms with Gasteiger partial charge in [0.15, 0.2) is 5.82 Å². The minimum absolute atomic E-state index is 0.0135. The highest BCUT2D eigenvalue weighted by molar-refractivity contribution is 6.09. The number of esters is 3. The summed E-state index contributed by atoms with van der Waals surface area (Å²) in [7, 11) is 0. The topological polar surface area (TPSA) is 145 Å². The van der Waals surface area contributed by atoms with Crippen LogP contribution in [0.15, 0.2) is 67.0 Å². The van der Waals surface area contributed by atoms with Gasteiger partial charge in [0, 0.05) is 37.6 Å². The molecule has 3 rings (SSSR count). The largest absolute Gasteiger partial charge is 0.461 e. The predicted molar refractivity (Wildman–Crippen MR) is 378 cm³/mol. The van der Waals surface area contributed by atoms with Gasteiger partial charge in [-0.3, -0.25) is 19.2 Å². The number of imidazole rings is 1. The second-order valence-electron chi connectivity index (χ2n) is 26.0. The number of pyridine rings is 1. The van der Waals surface area contributed by atoms with Crippen LogP contribution in [0, 0.1) is 5.92 Å². The second-order valence-corrected chi connectivity index (χ2v) is 26.0. The van der Waals surface area contributed by atoms with Crippen molar-refractivity contribution < 1.29 is 33.4 Å². The van der Waals surface area contributed by atoms with Crippen LogP contribution in [-0.4, -0.2) is 107 Å². The van der Waals surface area contributed by atoms with Crippen molar-refractivity contribution >= 4 is 51.6 Å². The zero-order valence-electron chi connectivity index (χ0n) is 58.1. The molecule has 3 aromatic rings. The summed E-state index contributed by atoms with van der Waals surface area (Å²) in [5.74, 6) is 0.738. The average molecular weight is 1250 g/mol. The lowest BCUT2D eigenvalue weighted by Crippen LogP contribution is -2.32. The average Bonchev–Trinajstić information content (AvgIpc) is 1.56. The van der Waals surface area contributed by atoms with Crippen molar-refractivity contribution in [2.75, 3.05) is 64.4 Å². The Morgan fingerprint density at radius 1 is 0.456 bits per heavy atom. The number of hydrogen-bond donors (Lipinski definition) is 1. The van der Waals surface area contributed by atoms with E-state index in [0.717, 1.165) is 177 Å². The lowest BCUT2D eigenvalue weighted by atomic mass is 10.1. The van der Waals surface area contributed by atoms with Gasteiger partial charge in [0.2, 0.25) is 5.91 Å². The standard InChI is InChI=1S/C77H130N6O7/c1-6-9-12-15-24-33-47-63-88-72(85)54-38-27-18-21-30-43-57-81(58-44-31-22-19-28-39-55-73(86)89-64-48-34-25-16-13-10-7-2)61-50-62-82(59-45-32-23-20-29-40-56-74(87)90-65-49-35-26-17-14-11-8-3)60-46-36-37-53-71(84)80-77-75-76(83(67-78-75)66-68(4)5)69-51-41-42-52-70(69)79-77/h33-35,41-42,47-49,51-52,67-68H,6-32,36-40,43-46,50,53-66H2,1-5H3,(H,79,80,84)/b47-33-,48-34-,49-35-. The molecule has 0 aliphatic carbocycles. The molecule has 0 bridgehead atoms. The Bertz CT molecular complexity index is 2310. The molecule has 13 nitrogen and oxygen atoms in total. The predicted octanol–water partition coefficient (Wildman–Crippen LogP) is 20.1. The van der Waals surface area contributed by atoms with Gasteiger partial charge in [-0.2, -0.15) is 0 Å². The molecule has 0 spiro atoms. The molecule has 0 radical (unpaired) electrons. The first-order valence-corrected chi connectivity index (χ1v) is 37.0. The number of carbonyl (C=O) groups excluding carboxylic acids is 4. The zero-order valence-corrected chi connectivity index (χ0v) is 58.1. The van der Waals surface area contributed by atoms with E-state index in [0.29, 0.717) is 57.2 Å². The van der Waals surface area contributed by atoms with Crippen LogP contribution >= 0.6 is 0 Å². The van der Waals surface area contributed by atoms with Crippen LogP contribution in [0.3, 0.4) is 0 Å². The number of carbonyl (C=O) groups is 4. The maximum atomic E-state index is 13.5. The minimum atomic E-state index is -0.0851. The fourth-order valence-corrected chi connectivity index (χ4v) is 11.8. The van der Waals surface area contributed by atoms with E-state index >= 15 is 0 Å². The number of unbranched alkanes of at least 4 members (excludes halogenated alkanes) is 29. The Kier molecular flexibility index (Phi) is 49.1. The molecule has 90 heavy (non-hydrogen) atoms. The number of ether oxygens (including phenoxy) is 3. The van der Waals surface area contributed by atoms with E-state index in [1.807, 2.05) is 42.8 Å². The minimum Gasteiger partial charge on any atom is -0.461 e. The highest BCUT2D eigenvalue weighted by atomic mass is 16.5. The van der Waals surface area contributed by atoms with Crippen molar-refractivity contribution in [3.8, 4) is 0 Å². The van der Waals surface area contributed by atoms with Crippen LogP contribution < -0.4 is 5.32 Å². The van der Waals surface area contributed by atoms with Crippen molar-refractivity contribution in [1.29, 1.82) is 0 Å². The number of amides is 1. The molecule has 13 heteroatoms. The van der Waals surface area contributed by atoms with Crippen LogP contribution in [-0.2, 0) is 39.9 Å². The van der Waals surface area contributed by atoms with Gasteiger partial charge in [-0.15, -0.1) is 0 Å². The van der Waals surface area contributed by atoms with Crippen LogP contribution in [0.25, 0.3) is 21.9 Å². The molecule has 1 N–H and O–H groups in total. The number of fused-ring (bicyclic) bond motifs is 3. The van der Waals surface area contributed by atoms with E-state index in [-0.39, 0.29) is 23.8 Å². The molecular weight excluding hydrogens is 1120 g/mol.